The van der Waals surface area contributed by atoms with Gasteiger partial charge in [-0.25, -0.2) is 14.4 Å². The molecule has 0 aromatic heterocycles. The Labute approximate surface area is 228 Å². The van der Waals surface area contributed by atoms with Crippen LogP contribution in [0.3, 0.4) is 0 Å². The van der Waals surface area contributed by atoms with Crippen LogP contribution in [0.25, 0.3) is 0 Å². The highest BCUT2D eigenvalue weighted by Gasteiger charge is 2.20. The first-order chi connectivity index (χ1) is 18.9. The average molecular weight is 557 g/mol. The van der Waals surface area contributed by atoms with E-state index in [9.17, 15) is 24.3 Å². The van der Waals surface area contributed by atoms with Gasteiger partial charge in [0.1, 0.15) is 26.4 Å². The van der Waals surface area contributed by atoms with Crippen molar-refractivity contribution in [2.45, 2.75) is 64.1 Å². The Hall–Kier alpha value is -3.58. The van der Waals surface area contributed by atoms with E-state index in [0.717, 1.165) is 31.4 Å². The molecule has 220 valence electrons. The second-order valence-electron chi connectivity index (χ2n) is 8.65. The van der Waals surface area contributed by atoms with E-state index >= 15 is 0 Å². The monoisotopic (exact) mass is 556 g/mol. The highest BCUT2D eigenvalue weighted by Crippen LogP contribution is 2.04. The maximum Gasteiger partial charge on any atom is 0.508 e. The normalized spacial score (nSPS) is 12.0. The minimum atomic E-state index is -1.10. The lowest BCUT2D eigenvalue weighted by Crippen LogP contribution is -2.50. The predicted molar refractivity (Wildman–Crippen MR) is 138 cm³/mol. The highest BCUT2D eigenvalue weighted by atomic mass is 16.7. The molecule has 1 aromatic carbocycles. The van der Waals surface area contributed by atoms with Crippen molar-refractivity contribution in [1.82, 2.24) is 10.6 Å². The maximum atomic E-state index is 12.3. The van der Waals surface area contributed by atoms with Crippen LogP contribution in [-0.2, 0) is 35.1 Å². The minimum absolute atomic E-state index is 0.0119. The number of quaternary nitrogens is 1. The molecule has 2 unspecified atom stereocenters. The second-order valence-corrected chi connectivity index (χ2v) is 8.65. The SMILES string of the molecule is CCCCOC(=O)NC(CO)COC(=O)OCC(COC(=O)OCc1ccccc1)NC(=O)CCCCC[NH3+]. The van der Waals surface area contributed by atoms with Crippen LogP contribution in [0.4, 0.5) is 14.4 Å². The number of unbranched alkanes of at least 4 members (excludes halogenated alkanes) is 3. The predicted octanol–water partition coefficient (Wildman–Crippen LogP) is 1.67. The summed E-state index contributed by atoms with van der Waals surface area (Å²) < 4.78 is 25.1. The Balaban J connectivity index is 2.51. The van der Waals surface area contributed by atoms with Crippen molar-refractivity contribution in [1.29, 1.82) is 0 Å². The molecule has 0 spiro atoms. The van der Waals surface area contributed by atoms with Crippen molar-refractivity contribution in [3.63, 3.8) is 0 Å². The molecule has 0 aliphatic carbocycles. The molecule has 2 amide bonds. The fraction of sp³-hybridized carbons (Fsp3) is 0.615. The van der Waals surface area contributed by atoms with Crippen LogP contribution in [0, 0.1) is 0 Å². The van der Waals surface area contributed by atoms with Crippen molar-refractivity contribution < 1.29 is 53.7 Å². The van der Waals surface area contributed by atoms with Crippen LogP contribution < -0.4 is 16.4 Å². The molecule has 6 N–H and O–H groups in total. The fourth-order valence-corrected chi connectivity index (χ4v) is 3.03. The molecule has 0 heterocycles. The summed E-state index contributed by atoms with van der Waals surface area (Å²) in [5.74, 6) is -0.298. The molecule has 13 heteroatoms. The topological polar surface area (TPSA) is 186 Å². The van der Waals surface area contributed by atoms with Gasteiger partial charge in [0.15, 0.2) is 0 Å². The Morgan fingerprint density at radius 1 is 0.821 bits per heavy atom. The number of rotatable bonds is 19. The van der Waals surface area contributed by atoms with Gasteiger partial charge in [-0.3, -0.25) is 4.79 Å². The van der Waals surface area contributed by atoms with E-state index in [1.54, 1.807) is 24.3 Å². The molecule has 13 nitrogen and oxygen atoms in total. The third-order valence-corrected chi connectivity index (χ3v) is 5.20. The van der Waals surface area contributed by atoms with Gasteiger partial charge in [0.05, 0.1) is 31.8 Å². The zero-order valence-corrected chi connectivity index (χ0v) is 22.6. The molecule has 0 aliphatic heterocycles. The van der Waals surface area contributed by atoms with E-state index in [4.69, 9.17) is 23.7 Å². The van der Waals surface area contributed by atoms with Crippen LogP contribution in [-0.4, -0.2) is 81.1 Å². The highest BCUT2D eigenvalue weighted by molar-refractivity contribution is 5.76. The molecule has 0 fully saturated rings. The lowest BCUT2D eigenvalue weighted by atomic mass is 10.2. The first-order valence-electron chi connectivity index (χ1n) is 13.1. The third-order valence-electron chi connectivity index (χ3n) is 5.20. The van der Waals surface area contributed by atoms with Crippen LogP contribution in [0.15, 0.2) is 30.3 Å². The summed E-state index contributed by atoms with van der Waals surface area (Å²) in [6.07, 6.45) is 1.42. The third kappa shape index (κ3) is 17.5. The second kappa shape index (κ2) is 21.4. The molecule has 39 heavy (non-hydrogen) atoms. The van der Waals surface area contributed by atoms with Gasteiger partial charge in [-0.1, -0.05) is 43.7 Å². The Kier molecular flexibility index (Phi) is 18.3. The summed E-state index contributed by atoms with van der Waals surface area (Å²) in [7, 11) is 0. The first kappa shape index (κ1) is 33.4. The number of benzene rings is 1. The lowest BCUT2D eigenvalue weighted by molar-refractivity contribution is -0.368. The van der Waals surface area contributed by atoms with E-state index in [1.165, 1.54) is 0 Å². The zero-order valence-electron chi connectivity index (χ0n) is 22.6. The van der Waals surface area contributed by atoms with Crippen LogP contribution >= 0.6 is 0 Å². The molecular formula is C26H42N3O10+. The molecule has 0 saturated heterocycles. The number of hydrogen-bond donors (Lipinski definition) is 4. The van der Waals surface area contributed by atoms with E-state index in [-0.39, 0.29) is 45.4 Å². The molecule has 0 radical (unpaired) electrons. The van der Waals surface area contributed by atoms with Crippen molar-refractivity contribution in [2.75, 3.05) is 39.6 Å². The molecule has 0 aliphatic rings. The van der Waals surface area contributed by atoms with Gasteiger partial charge < -0.3 is 45.2 Å². The number of alkyl carbamates (subject to hydrolysis) is 1. The van der Waals surface area contributed by atoms with E-state index < -0.39 is 37.1 Å². The molecule has 0 bridgehead atoms. The summed E-state index contributed by atoms with van der Waals surface area (Å²) in [6, 6.07) is 7.27. The number of amides is 2. The van der Waals surface area contributed by atoms with Crippen molar-refractivity contribution in [3.05, 3.63) is 35.9 Å². The van der Waals surface area contributed by atoms with Crippen molar-refractivity contribution >= 4 is 24.3 Å². The largest absolute Gasteiger partial charge is 0.508 e. The van der Waals surface area contributed by atoms with Gasteiger partial charge in [-0.15, -0.1) is 0 Å². The van der Waals surface area contributed by atoms with Gasteiger partial charge in [0, 0.05) is 6.42 Å². The molecular weight excluding hydrogens is 514 g/mol. The lowest BCUT2D eigenvalue weighted by Gasteiger charge is -2.19. The van der Waals surface area contributed by atoms with E-state index in [2.05, 4.69) is 16.4 Å². The van der Waals surface area contributed by atoms with Gasteiger partial charge in [-0.05, 0) is 31.2 Å². The zero-order chi connectivity index (χ0) is 28.7. The Morgan fingerprint density at radius 2 is 1.46 bits per heavy atom. The van der Waals surface area contributed by atoms with Crippen molar-refractivity contribution in [3.8, 4) is 0 Å². The first-order valence-corrected chi connectivity index (χ1v) is 13.1. The number of nitrogens with one attached hydrogen (secondary N) is 2. The summed E-state index contributed by atoms with van der Waals surface area (Å²) >= 11 is 0. The Morgan fingerprint density at radius 3 is 2.08 bits per heavy atom. The molecule has 1 rings (SSSR count). The van der Waals surface area contributed by atoms with Gasteiger partial charge in [0.25, 0.3) is 0 Å². The summed E-state index contributed by atoms with van der Waals surface area (Å²) in [4.78, 5) is 48.1. The van der Waals surface area contributed by atoms with Crippen molar-refractivity contribution in [2.24, 2.45) is 0 Å². The summed E-state index contributed by atoms with van der Waals surface area (Å²) in [5.41, 5.74) is 4.54. The summed E-state index contributed by atoms with van der Waals surface area (Å²) in [6.45, 7) is 1.44. The number of ether oxygens (including phenoxy) is 5. The molecule has 1 aromatic rings. The fourth-order valence-electron chi connectivity index (χ4n) is 3.03. The minimum Gasteiger partial charge on any atom is -0.450 e. The van der Waals surface area contributed by atoms with E-state index in [0.29, 0.717) is 12.8 Å². The quantitative estimate of drug-likeness (QED) is 0.111. The van der Waals surface area contributed by atoms with Gasteiger partial charge in [-0.2, -0.15) is 0 Å². The maximum absolute atomic E-state index is 12.3. The number of hydrogen-bond acceptors (Lipinski definition) is 10. The number of carbonyl (C=O) groups is 4. The van der Waals surface area contributed by atoms with Crippen LogP contribution in [0.1, 0.15) is 51.0 Å². The van der Waals surface area contributed by atoms with Crippen LogP contribution in [0.5, 0.6) is 0 Å². The van der Waals surface area contributed by atoms with Gasteiger partial charge in [0.2, 0.25) is 5.91 Å². The smallest absolute Gasteiger partial charge is 0.450 e. The van der Waals surface area contributed by atoms with Crippen LogP contribution in [0.2, 0.25) is 0 Å². The molecule has 2 atom stereocenters. The molecule has 0 saturated carbocycles. The Bertz CT molecular complexity index is 841. The number of carbonyl (C=O) groups excluding carboxylic acids is 4. The van der Waals surface area contributed by atoms with Gasteiger partial charge >= 0.3 is 18.4 Å². The average Bonchev–Trinajstić information content (AvgIpc) is 2.94. The summed E-state index contributed by atoms with van der Waals surface area (Å²) in [5, 5.41) is 14.5. The number of aliphatic hydroxyl groups is 1. The standard InChI is InChI=1S/C26H41N3O10/c1-2-3-14-35-24(32)29-21(15-30)17-37-26(34)39-19-22(28-23(31)12-8-5-9-13-27)18-38-25(33)36-16-20-10-6-4-7-11-20/h4,6-7,10-11,21-22,30H,2-3,5,8-9,12-19,27H2,1H3,(H,28,31)(H,29,32)/p+1. The van der Waals surface area contributed by atoms with E-state index in [1.807, 2.05) is 13.0 Å². The number of aliphatic hydroxyl groups excluding tert-OH is 1.